The maximum Gasteiger partial charge on any atom is 0.472 e. The van der Waals surface area contributed by atoms with Gasteiger partial charge in [0.15, 0.2) is 69.9 Å². The van der Waals surface area contributed by atoms with E-state index in [4.69, 9.17) is 102 Å². The molecule has 0 spiro atoms. The molecule has 17 N–H and O–H groups in total. The highest BCUT2D eigenvalue weighted by atomic mass is 31.2. The molecule has 6 fully saturated rings. The molecule has 0 aromatic carbocycles. The average Bonchev–Trinajstić information content (AvgIpc) is 1.62. The van der Waals surface area contributed by atoms with E-state index in [0.717, 1.165) is 43.6 Å². The molecule has 6 unspecified atom stereocenters. The molecule has 102 heavy (non-hydrogen) atoms. The molecule has 22 atom stereocenters. The molecule has 14 heterocycles. The molecule has 60 heteroatoms. The number of phosphoric ester groups is 6. The van der Waals surface area contributed by atoms with E-state index in [-0.39, 0.29) is 34.1 Å². The first-order valence-corrected chi connectivity index (χ1v) is 37.6. The third-order valence-electron chi connectivity index (χ3n) is 15.8. The smallest absolute Gasteiger partial charge is 0.472 e. The summed E-state index contributed by atoms with van der Waals surface area (Å²) >= 11 is 0. The second kappa shape index (κ2) is 26.6. The van der Waals surface area contributed by atoms with Gasteiger partial charge in [-0.05, 0) is 0 Å². The topological polar surface area (TPSA) is 788 Å². The van der Waals surface area contributed by atoms with Crippen LogP contribution < -0.4 is 64.9 Å². The van der Waals surface area contributed by atoms with E-state index in [1.54, 1.807) is 0 Å². The number of fused-ring (bicyclic) bond motifs is 8. The number of nitrogen functional groups attached to an aromatic ring is 5. The van der Waals surface area contributed by atoms with Gasteiger partial charge in [0, 0.05) is 0 Å². The molecule has 8 aromatic rings. The monoisotopic (exact) mass is 1560 g/mol. The van der Waals surface area contributed by atoms with Gasteiger partial charge in [-0.2, -0.15) is 24.9 Å². The summed E-state index contributed by atoms with van der Waals surface area (Å²) in [5.74, 6) is -2.11. The number of imidazole rings is 4. The number of anilines is 5. The van der Waals surface area contributed by atoms with E-state index >= 15 is 0 Å². The van der Waals surface area contributed by atoms with Crippen LogP contribution in [0.2, 0.25) is 0 Å². The number of H-pyrrole nitrogens is 3. The molecule has 6 aliphatic rings. The molecule has 0 bridgehead atoms. The van der Waals surface area contributed by atoms with Crippen molar-refractivity contribution >= 4 is 121 Å². The van der Waals surface area contributed by atoms with Gasteiger partial charge in [-0.15, -0.1) is 0 Å². The van der Waals surface area contributed by atoms with Crippen molar-refractivity contribution in [3.05, 3.63) is 56.4 Å². The van der Waals surface area contributed by atoms with Crippen molar-refractivity contribution < 1.29 is 140 Å². The highest BCUT2D eigenvalue weighted by Crippen LogP contribution is 2.58. The van der Waals surface area contributed by atoms with Crippen LogP contribution in [-0.2, 0) is 101 Å². The second-order valence-electron chi connectivity index (χ2n) is 22.4. The van der Waals surface area contributed by atoms with E-state index < -0.39 is 242 Å². The van der Waals surface area contributed by atoms with Gasteiger partial charge >= 0.3 is 15.6 Å². The largest absolute Gasteiger partial charge is 0.756 e. The van der Waals surface area contributed by atoms with Crippen molar-refractivity contribution in [3.63, 3.8) is 0 Å². The van der Waals surface area contributed by atoms with Gasteiger partial charge in [-0.3, -0.25) is 84.0 Å². The zero-order chi connectivity index (χ0) is 72.7. The lowest BCUT2D eigenvalue weighted by Gasteiger charge is -2.35. The highest BCUT2D eigenvalue weighted by Gasteiger charge is 2.57. The molecule has 14 rings (SSSR count). The highest BCUT2D eigenvalue weighted by molar-refractivity contribution is 7.48. The Balaban J connectivity index is 0.706. The van der Waals surface area contributed by atoms with Crippen LogP contribution in [0, 0.1) is 0 Å². The number of aliphatic hydroxyl groups is 2. The lowest BCUT2D eigenvalue weighted by molar-refractivity contribution is -0.247. The Morgan fingerprint density at radius 1 is 0.490 bits per heavy atom. The van der Waals surface area contributed by atoms with Gasteiger partial charge in [0.2, 0.25) is 23.8 Å². The summed E-state index contributed by atoms with van der Waals surface area (Å²) in [6, 6.07) is 0. The molecule has 6 saturated heterocycles. The summed E-state index contributed by atoms with van der Waals surface area (Å²) in [4.78, 5) is 159. The van der Waals surface area contributed by atoms with E-state index in [2.05, 4.69) is 59.8 Å². The normalized spacial score (nSPS) is 36.1. The molecule has 0 saturated carbocycles. The van der Waals surface area contributed by atoms with Gasteiger partial charge in [0.1, 0.15) is 78.8 Å². The summed E-state index contributed by atoms with van der Waals surface area (Å²) in [7, 11) is -35.4. The lowest BCUT2D eigenvalue weighted by atomic mass is 10.1. The van der Waals surface area contributed by atoms with Crippen molar-refractivity contribution in [2.24, 2.45) is 0 Å². The van der Waals surface area contributed by atoms with Crippen LogP contribution in [-0.4, -0.2) is 211 Å². The Hall–Kier alpha value is -6.98. The van der Waals surface area contributed by atoms with Gasteiger partial charge in [-0.1, -0.05) is 0 Å². The number of rotatable bonds is 13. The molecule has 0 amide bonds. The number of hydrogen-bond acceptors (Lipinski definition) is 45. The third-order valence-corrected chi connectivity index (χ3v) is 21.7. The number of nitrogens with two attached hydrogens (primary N) is 5. The maximum atomic E-state index is 14.1. The Labute approximate surface area is 560 Å². The minimum absolute atomic E-state index is 0.0452. The van der Waals surface area contributed by atoms with Gasteiger partial charge in [-0.25, -0.2) is 29.1 Å². The molecular formula is C42H49N21O33P6-4. The standard InChI is InChI=1S/C42H53N21O33P6/c43-27-15-28(53-39(44)52-27)60(7-48-15)35-19(64)21-11(87-35)3-83-101(77,78)93-23-13(5-85-99(73,74)91-21)89-37(62-9-50-17-30(62)55-41(46)58-33(17)67)25(23)95-97(69,70)81-1-2-82-98(71,72)96-26-24-14(90-38(26)63-10-51-18-31(63)56-42(47)59-34(18)68)6-86-100(75,76)92-22-12(4-84-102(79,80)94-24)88-36(20(22)65)61-8-49-16-29(61)54-40(45)57-32(16)66/h7-14,19-26,35-38,64-65H,1-6H2,(H,69,70)(H,71,72)(H,73,74)(H,75,76)(H,77,78)(H,79,80)(H4,43,44,52,53)(H3,45,54,57,66)(H3,46,55,58,67)(H3,47,56,59,68)/p-4/t11-,12-,13-,14-,19-,20-,21-,22-,23-,24-,25-,26-,35-,36-,37-,38-/m1/s1. The van der Waals surface area contributed by atoms with Crippen LogP contribution in [0.25, 0.3) is 44.7 Å². The number of nitrogens with one attached hydrogen (secondary N) is 3. The number of ether oxygens (including phenoxy) is 4. The summed E-state index contributed by atoms with van der Waals surface area (Å²) in [6.07, 6.45) is -29.9. The van der Waals surface area contributed by atoms with Crippen LogP contribution in [0.5, 0.6) is 0 Å². The lowest BCUT2D eigenvalue weighted by Crippen LogP contribution is -2.41. The van der Waals surface area contributed by atoms with Crippen molar-refractivity contribution in [2.75, 3.05) is 68.3 Å². The minimum atomic E-state index is -6.16. The summed E-state index contributed by atoms with van der Waals surface area (Å²) in [6.45, 7) is -7.91. The number of nitrogens with zero attached hydrogens (tertiary/aromatic N) is 13. The number of phosphoric acid groups is 6. The summed E-state index contributed by atoms with van der Waals surface area (Å²) in [5.41, 5.74) is 23.4. The predicted octanol–water partition coefficient (Wildman–Crippen LogP) is -7.04. The Bertz CT molecular complexity index is 5120. The number of aromatic nitrogens is 16. The molecule has 8 aromatic heterocycles. The first-order valence-electron chi connectivity index (χ1n) is 28.8. The Kier molecular flexibility index (Phi) is 18.7. The predicted molar refractivity (Wildman–Crippen MR) is 315 cm³/mol. The first kappa shape index (κ1) is 72.0. The van der Waals surface area contributed by atoms with Crippen LogP contribution >= 0.6 is 46.9 Å². The van der Waals surface area contributed by atoms with Crippen LogP contribution in [0.3, 0.4) is 0 Å². The maximum absolute atomic E-state index is 14.1. The molecule has 0 radical (unpaired) electrons. The molecule has 54 nitrogen and oxygen atoms in total. The van der Waals surface area contributed by atoms with Crippen molar-refractivity contribution in [1.82, 2.24) is 78.1 Å². The van der Waals surface area contributed by atoms with Crippen LogP contribution in [0.4, 0.5) is 29.6 Å². The van der Waals surface area contributed by atoms with Crippen molar-refractivity contribution in [2.45, 2.75) is 98.2 Å². The number of aliphatic hydroxyl groups excluding tert-OH is 2. The second-order valence-corrected chi connectivity index (χ2v) is 30.6. The molecule has 0 aliphatic carbocycles. The SMILES string of the molecule is Nc1nc(N)c2ncn([C@@H]3O[C@@H]4COP(=O)([O-])O[C@H]5[C@@H](OP(=O)([O-])OCCOP(=O)([O-])O[C@@H]6[C@@H]7OP(=O)(O)OC[C@H]8O[C@@H](n9cnc%10c(=O)[nH]c(N)nc%109)[C@H](O)[C@@H]8OP(=O)([O-])OC[C@H]7O[C@H]6n6cnc7c(=O)[nH]c(N)nc76)[C@H](n6cnc7c(=O)[nH]c(N)nc76)O[C@@H]5COP(=O)(O)O[C@H]4[C@H]3O)c2n1. The zero-order valence-corrected chi connectivity index (χ0v) is 55.7. The minimum Gasteiger partial charge on any atom is -0.756 e. The molecule has 6 aliphatic heterocycles. The third kappa shape index (κ3) is 14.1. The fraction of sp³-hybridized carbons (Fsp3) is 0.524. The van der Waals surface area contributed by atoms with E-state index in [0.29, 0.717) is 0 Å². The first-order chi connectivity index (χ1) is 48.0. The van der Waals surface area contributed by atoms with Crippen LogP contribution in [0.1, 0.15) is 24.9 Å². The fourth-order valence-corrected chi connectivity index (χ4v) is 17.2. The van der Waals surface area contributed by atoms with E-state index in [1.165, 1.54) is 0 Å². The van der Waals surface area contributed by atoms with Crippen molar-refractivity contribution in [1.29, 1.82) is 0 Å². The van der Waals surface area contributed by atoms with Gasteiger partial charge in [0.25, 0.3) is 48.0 Å². The summed E-state index contributed by atoms with van der Waals surface area (Å²) < 4.78 is 173. The zero-order valence-electron chi connectivity index (χ0n) is 50.3. The average molecular weight is 1560 g/mol. The Morgan fingerprint density at radius 3 is 1.24 bits per heavy atom. The van der Waals surface area contributed by atoms with E-state index in [9.17, 15) is 81.3 Å². The number of hydrogen-bond donors (Lipinski definition) is 12. The fourth-order valence-electron chi connectivity index (χ4n) is 11.6. The van der Waals surface area contributed by atoms with Crippen molar-refractivity contribution in [3.8, 4) is 0 Å². The summed E-state index contributed by atoms with van der Waals surface area (Å²) in [5, 5.41) is 23.0. The van der Waals surface area contributed by atoms with Crippen LogP contribution in [0.15, 0.2) is 39.7 Å². The van der Waals surface area contributed by atoms with E-state index in [1.807, 2.05) is 0 Å². The molecule has 554 valence electrons. The van der Waals surface area contributed by atoms with Gasteiger partial charge < -0.3 is 123 Å². The molecular weight excluding hydrogens is 1510 g/mol. The number of aromatic amines is 3. The van der Waals surface area contributed by atoms with Gasteiger partial charge in [0.05, 0.1) is 65.0 Å². The Morgan fingerprint density at radius 2 is 0.814 bits per heavy atom. The quantitative estimate of drug-likeness (QED) is 0.0377.